The van der Waals surface area contributed by atoms with Crippen molar-refractivity contribution in [3.8, 4) is 0 Å². The van der Waals surface area contributed by atoms with Crippen LogP contribution in [0.15, 0.2) is 0 Å². The molecule has 0 spiro atoms. The van der Waals surface area contributed by atoms with Gasteiger partial charge in [0, 0.05) is 0 Å². The minimum absolute atomic E-state index is 0.162. The highest BCUT2D eigenvalue weighted by Crippen LogP contribution is 2.14. The van der Waals surface area contributed by atoms with Gasteiger partial charge in [0.25, 0.3) is 0 Å². The van der Waals surface area contributed by atoms with Crippen LogP contribution in [0.1, 0.15) is 67.7 Å². The van der Waals surface area contributed by atoms with Gasteiger partial charge in [-0.05, 0) is 39.0 Å². The van der Waals surface area contributed by atoms with Crippen LogP contribution < -0.4 is 10.6 Å². The zero-order valence-corrected chi connectivity index (χ0v) is 17.5. The van der Waals surface area contributed by atoms with Gasteiger partial charge in [-0.3, -0.25) is 4.79 Å². The minimum atomic E-state index is -1.16. The average molecular weight is 389 g/mol. The number of hydrogen-bond acceptors (Lipinski definition) is 5. The van der Waals surface area contributed by atoms with Crippen LogP contribution >= 0.6 is 0 Å². The monoisotopic (exact) mass is 388 g/mol. The van der Waals surface area contributed by atoms with Gasteiger partial charge in [-0.1, -0.05) is 34.1 Å². The molecule has 0 heterocycles. The quantitative estimate of drug-likeness (QED) is 0.455. The number of aliphatic hydroxyl groups excluding tert-OH is 1. The molecular formula is C19H36N2O6. The summed E-state index contributed by atoms with van der Waals surface area (Å²) in [6.07, 6.45) is -1.10. The van der Waals surface area contributed by atoms with Gasteiger partial charge < -0.3 is 25.6 Å². The lowest BCUT2D eigenvalue weighted by molar-refractivity contribution is -0.143. The number of alkyl carbamates (subject to hydrolysis) is 1. The largest absolute Gasteiger partial charge is 0.480 e. The van der Waals surface area contributed by atoms with Crippen molar-refractivity contribution in [3.05, 3.63) is 0 Å². The standard InChI is InChI=1S/C19H36N2O6/c1-8-12(4)16(17(24)25)21-15(23)10-14(22)13(9-11(2)3)20-18(26)27-19(5,6)7/h11-14,16,22H,8-10H2,1-7H3,(H,20,26)(H,21,23)(H,24,25)/t12-,13-,14-,16-/m0/s1. The molecule has 0 aliphatic rings. The number of ether oxygens (including phenoxy) is 1. The molecule has 0 aromatic carbocycles. The third-order valence-corrected chi connectivity index (χ3v) is 4.08. The van der Waals surface area contributed by atoms with E-state index in [1.807, 2.05) is 20.8 Å². The van der Waals surface area contributed by atoms with Crippen LogP contribution in [0.4, 0.5) is 4.79 Å². The third-order valence-electron chi connectivity index (χ3n) is 4.08. The molecule has 0 aromatic heterocycles. The number of carbonyl (C=O) groups excluding carboxylic acids is 2. The summed E-state index contributed by atoms with van der Waals surface area (Å²) in [6, 6.07) is -1.70. The summed E-state index contributed by atoms with van der Waals surface area (Å²) in [5.74, 6) is -1.77. The Morgan fingerprint density at radius 2 is 1.63 bits per heavy atom. The number of aliphatic carboxylic acids is 1. The van der Waals surface area contributed by atoms with Crippen LogP contribution in [0.3, 0.4) is 0 Å². The second kappa shape index (κ2) is 11.1. The fourth-order valence-corrected chi connectivity index (χ4v) is 2.53. The molecule has 4 N–H and O–H groups in total. The zero-order chi connectivity index (χ0) is 21.4. The fourth-order valence-electron chi connectivity index (χ4n) is 2.53. The summed E-state index contributed by atoms with van der Waals surface area (Å²) in [6.45, 7) is 12.6. The van der Waals surface area contributed by atoms with Gasteiger partial charge >= 0.3 is 12.1 Å². The molecule has 2 amide bonds. The molecule has 0 saturated carbocycles. The summed E-state index contributed by atoms with van der Waals surface area (Å²) in [5, 5.41) is 24.8. The first kappa shape index (κ1) is 25.2. The zero-order valence-electron chi connectivity index (χ0n) is 17.5. The van der Waals surface area contributed by atoms with E-state index in [-0.39, 0.29) is 18.3 Å². The molecule has 8 nitrogen and oxygen atoms in total. The van der Waals surface area contributed by atoms with Gasteiger partial charge in [0.1, 0.15) is 11.6 Å². The second-order valence-electron chi connectivity index (χ2n) is 8.42. The van der Waals surface area contributed by atoms with Crippen LogP contribution in [0.25, 0.3) is 0 Å². The molecule has 0 fully saturated rings. The van der Waals surface area contributed by atoms with Gasteiger partial charge in [-0.2, -0.15) is 0 Å². The summed E-state index contributed by atoms with van der Waals surface area (Å²) in [7, 11) is 0. The molecule has 0 aliphatic carbocycles. The first-order valence-corrected chi connectivity index (χ1v) is 9.46. The number of amides is 2. The molecule has 8 heteroatoms. The Labute approximate surface area is 162 Å². The van der Waals surface area contributed by atoms with E-state index in [4.69, 9.17) is 4.74 Å². The normalized spacial score (nSPS) is 16.2. The van der Waals surface area contributed by atoms with Crippen LogP contribution in [-0.2, 0) is 14.3 Å². The molecule has 0 radical (unpaired) electrons. The number of rotatable bonds is 10. The second-order valence-corrected chi connectivity index (χ2v) is 8.42. The van der Waals surface area contributed by atoms with Crippen molar-refractivity contribution in [1.82, 2.24) is 10.6 Å². The maximum absolute atomic E-state index is 12.2. The van der Waals surface area contributed by atoms with Crippen LogP contribution in [0.2, 0.25) is 0 Å². The number of nitrogens with one attached hydrogen (secondary N) is 2. The molecule has 0 aromatic rings. The Morgan fingerprint density at radius 3 is 2.04 bits per heavy atom. The Hall–Kier alpha value is -1.83. The number of carboxylic acid groups (broad SMARTS) is 1. The van der Waals surface area contributed by atoms with Crippen LogP contribution in [0.5, 0.6) is 0 Å². The van der Waals surface area contributed by atoms with E-state index < -0.39 is 41.8 Å². The van der Waals surface area contributed by atoms with Crippen LogP contribution in [-0.4, -0.2) is 52.0 Å². The van der Waals surface area contributed by atoms with Crippen molar-refractivity contribution < 1.29 is 29.3 Å². The predicted octanol–water partition coefficient (Wildman–Crippen LogP) is 2.29. The van der Waals surface area contributed by atoms with E-state index in [9.17, 15) is 24.6 Å². The summed E-state index contributed by atoms with van der Waals surface area (Å²) < 4.78 is 5.21. The van der Waals surface area contributed by atoms with Crippen molar-refractivity contribution in [3.63, 3.8) is 0 Å². The molecule has 4 atom stereocenters. The number of carbonyl (C=O) groups is 3. The maximum atomic E-state index is 12.2. The molecular weight excluding hydrogens is 352 g/mol. The number of hydrogen-bond donors (Lipinski definition) is 4. The average Bonchev–Trinajstić information content (AvgIpc) is 2.48. The molecule has 0 unspecified atom stereocenters. The van der Waals surface area contributed by atoms with Crippen molar-refractivity contribution in [2.75, 3.05) is 0 Å². The summed E-state index contributed by atoms with van der Waals surface area (Å²) in [4.78, 5) is 35.6. The fraction of sp³-hybridized carbons (Fsp3) is 0.842. The van der Waals surface area contributed by atoms with Gasteiger partial charge in [0.2, 0.25) is 5.91 Å². The molecule has 0 bridgehead atoms. The topological polar surface area (TPSA) is 125 Å². The van der Waals surface area contributed by atoms with Crippen molar-refractivity contribution in [1.29, 1.82) is 0 Å². The molecule has 27 heavy (non-hydrogen) atoms. The highest BCUT2D eigenvalue weighted by atomic mass is 16.6. The van der Waals surface area contributed by atoms with Crippen molar-refractivity contribution in [2.45, 2.75) is 91.5 Å². The minimum Gasteiger partial charge on any atom is -0.480 e. The Bertz CT molecular complexity index is 501. The third kappa shape index (κ3) is 10.8. The van der Waals surface area contributed by atoms with Gasteiger partial charge in [0.15, 0.2) is 0 Å². The van der Waals surface area contributed by atoms with Gasteiger partial charge in [-0.15, -0.1) is 0 Å². The van der Waals surface area contributed by atoms with Gasteiger partial charge in [-0.25, -0.2) is 9.59 Å². The van der Waals surface area contributed by atoms with E-state index in [0.29, 0.717) is 12.8 Å². The number of aliphatic hydroxyl groups is 1. The SMILES string of the molecule is CC[C@H](C)[C@H](NC(=O)C[C@H](O)[C@H](CC(C)C)NC(=O)OC(C)(C)C)C(=O)O. The molecule has 158 valence electrons. The summed E-state index contributed by atoms with van der Waals surface area (Å²) >= 11 is 0. The van der Waals surface area contributed by atoms with E-state index in [1.54, 1.807) is 27.7 Å². The first-order chi connectivity index (χ1) is 12.3. The number of carboxylic acids is 1. The molecule has 0 aliphatic heterocycles. The predicted molar refractivity (Wildman–Crippen MR) is 102 cm³/mol. The lowest BCUT2D eigenvalue weighted by Gasteiger charge is -2.28. The van der Waals surface area contributed by atoms with Crippen molar-refractivity contribution >= 4 is 18.0 Å². The summed E-state index contributed by atoms with van der Waals surface area (Å²) in [5.41, 5.74) is -0.681. The lowest BCUT2D eigenvalue weighted by Crippen LogP contribution is -2.50. The highest BCUT2D eigenvalue weighted by molar-refractivity contribution is 5.84. The highest BCUT2D eigenvalue weighted by Gasteiger charge is 2.30. The van der Waals surface area contributed by atoms with E-state index in [1.165, 1.54) is 0 Å². The van der Waals surface area contributed by atoms with E-state index in [0.717, 1.165) is 0 Å². The Balaban J connectivity index is 4.96. The Kier molecular flexibility index (Phi) is 10.4. The Morgan fingerprint density at radius 1 is 1.07 bits per heavy atom. The van der Waals surface area contributed by atoms with Crippen molar-refractivity contribution in [2.24, 2.45) is 11.8 Å². The lowest BCUT2D eigenvalue weighted by atomic mass is 9.96. The molecule has 0 rings (SSSR count). The maximum Gasteiger partial charge on any atom is 0.407 e. The van der Waals surface area contributed by atoms with Gasteiger partial charge in [0.05, 0.1) is 18.6 Å². The van der Waals surface area contributed by atoms with Crippen LogP contribution in [0, 0.1) is 11.8 Å². The first-order valence-electron chi connectivity index (χ1n) is 9.46. The molecule has 0 saturated heterocycles. The van der Waals surface area contributed by atoms with E-state index in [2.05, 4.69) is 10.6 Å². The van der Waals surface area contributed by atoms with E-state index >= 15 is 0 Å². The smallest absolute Gasteiger partial charge is 0.407 e.